The second kappa shape index (κ2) is 5.89. The van der Waals surface area contributed by atoms with Gasteiger partial charge in [0.2, 0.25) is 0 Å². The van der Waals surface area contributed by atoms with Crippen LogP contribution in [0.2, 0.25) is 0 Å². The van der Waals surface area contributed by atoms with Gasteiger partial charge in [0, 0.05) is 5.92 Å². The molecule has 110 valence electrons. The van der Waals surface area contributed by atoms with E-state index in [1.807, 2.05) is 18.2 Å². The minimum atomic E-state index is -0.838. The summed E-state index contributed by atoms with van der Waals surface area (Å²) in [6.07, 6.45) is 2.28. The Bertz CT molecular complexity index is 638. The number of carboxylic acid groups (broad SMARTS) is 1. The van der Waals surface area contributed by atoms with Crippen LogP contribution < -0.4 is 0 Å². The molecule has 1 aromatic carbocycles. The maximum atomic E-state index is 10.8. The number of hydrogen-bond acceptors (Lipinski definition) is 4. The van der Waals surface area contributed by atoms with Gasteiger partial charge in [0.25, 0.3) is 0 Å². The van der Waals surface area contributed by atoms with E-state index in [9.17, 15) is 4.79 Å². The van der Waals surface area contributed by atoms with Crippen LogP contribution in [0.25, 0.3) is 0 Å². The summed E-state index contributed by atoms with van der Waals surface area (Å²) in [6, 6.07) is 10.3. The monoisotopic (exact) mass is 303 g/mol. The fraction of sp³-hybridized carbons (Fsp3) is 0.400. The largest absolute Gasteiger partial charge is 0.481 e. The number of hydrogen-bond donors (Lipinski definition) is 1. The fourth-order valence-electron chi connectivity index (χ4n) is 2.38. The standard InChI is InChI=1S/C15H17N3O2S/c1-10(11-5-3-2-4-6-11)18-14(12-7-8-12)16-17-15(18)21-9-13(19)20/h2-6,10,12H,7-9H2,1H3,(H,19,20). The topological polar surface area (TPSA) is 68.0 Å². The average molecular weight is 303 g/mol. The normalized spacial score (nSPS) is 15.9. The van der Waals surface area contributed by atoms with Gasteiger partial charge in [-0.1, -0.05) is 42.1 Å². The Balaban J connectivity index is 1.94. The van der Waals surface area contributed by atoms with Crippen molar-refractivity contribution < 1.29 is 9.90 Å². The number of carboxylic acids is 1. The van der Waals surface area contributed by atoms with Crippen LogP contribution in [0.4, 0.5) is 0 Å². The lowest BCUT2D eigenvalue weighted by Crippen LogP contribution is -2.12. The molecule has 1 unspecified atom stereocenters. The number of aliphatic carboxylic acids is 1. The van der Waals surface area contributed by atoms with E-state index in [-0.39, 0.29) is 11.8 Å². The smallest absolute Gasteiger partial charge is 0.313 e. The summed E-state index contributed by atoms with van der Waals surface area (Å²) in [5.74, 6) is 0.626. The van der Waals surface area contributed by atoms with E-state index in [4.69, 9.17) is 5.11 Å². The van der Waals surface area contributed by atoms with Crippen LogP contribution in [-0.2, 0) is 4.79 Å². The molecule has 0 aliphatic heterocycles. The highest BCUT2D eigenvalue weighted by Crippen LogP contribution is 2.41. The van der Waals surface area contributed by atoms with Crippen LogP contribution in [0.3, 0.4) is 0 Å². The number of thioether (sulfide) groups is 1. The van der Waals surface area contributed by atoms with Crippen LogP contribution in [-0.4, -0.2) is 31.6 Å². The van der Waals surface area contributed by atoms with E-state index in [2.05, 4.69) is 33.8 Å². The minimum Gasteiger partial charge on any atom is -0.481 e. The van der Waals surface area contributed by atoms with Crippen molar-refractivity contribution in [3.05, 3.63) is 41.7 Å². The van der Waals surface area contributed by atoms with Crippen LogP contribution in [0.15, 0.2) is 35.5 Å². The minimum absolute atomic E-state index is 0.00428. The van der Waals surface area contributed by atoms with E-state index in [1.54, 1.807) is 0 Å². The van der Waals surface area contributed by atoms with Crippen molar-refractivity contribution in [3.8, 4) is 0 Å². The van der Waals surface area contributed by atoms with Crippen molar-refractivity contribution in [3.63, 3.8) is 0 Å². The predicted octanol–water partition coefficient (Wildman–Crippen LogP) is 2.94. The molecule has 0 saturated heterocycles. The number of rotatable bonds is 6. The summed E-state index contributed by atoms with van der Waals surface area (Å²) in [7, 11) is 0. The van der Waals surface area contributed by atoms with Gasteiger partial charge in [-0.05, 0) is 25.3 Å². The summed E-state index contributed by atoms with van der Waals surface area (Å²) in [4.78, 5) is 10.8. The first-order valence-electron chi connectivity index (χ1n) is 7.01. The zero-order valence-electron chi connectivity index (χ0n) is 11.8. The van der Waals surface area contributed by atoms with Crippen molar-refractivity contribution in [1.29, 1.82) is 0 Å². The lowest BCUT2D eigenvalue weighted by molar-refractivity contribution is -0.133. The highest BCUT2D eigenvalue weighted by Gasteiger charge is 2.32. The highest BCUT2D eigenvalue weighted by molar-refractivity contribution is 7.99. The predicted molar refractivity (Wildman–Crippen MR) is 80.6 cm³/mol. The molecular weight excluding hydrogens is 286 g/mol. The third kappa shape index (κ3) is 3.10. The first-order valence-corrected chi connectivity index (χ1v) is 7.99. The maximum Gasteiger partial charge on any atom is 0.313 e. The molecule has 21 heavy (non-hydrogen) atoms. The first-order chi connectivity index (χ1) is 10.2. The molecular formula is C15H17N3O2S. The summed E-state index contributed by atoms with van der Waals surface area (Å²) in [5, 5.41) is 18.1. The molecule has 0 bridgehead atoms. The van der Waals surface area contributed by atoms with E-state index >= 15 is 0 Å². The molecule has 1 aliphatic rings. The van der Waals surface area contributed by atoms with Crippen molar-refractivity contribution in [2.45, 2.75) is 36.9 Å². The van der Waals surface area contributed by atoms with E-state index in [1.165, 1.54) is 17.3 Å². The van der Waals surface area contributed by atoms with Gasteiger partial charge in [-0.25, -0.2) is 0 Å². The molecule has 1 N–H and O–H groups in total. The SMILES string of the molecule is CC(c1ccccc1)n1c(SCC(=O)O)nnc1C1CC1. The zero-order valence-corrected chi connectivity index (χ0v) is 12.6. The van der Waals surface area contributed by atoms with E-state index in [0.29, 0.717) is 11.1 Å². The van der Waals surface area contributed by atoms with Gasteiger partial charge in [0.05, 0.1) is 11.8 Å². The molecule has 0 amide bonds. The summed E-state index contributed by atoms with van der Waals surface area (Å²) < 4.78 is 2.10. The second-order valence-electron chi connectivity index (χ2n) is 5.25. The Morgan fingerprint density at radius 1 is 1.38 bits per heavy atom. The quantitative estimate of drug-likeness (QED) is 0.831. The molecule has 1 heterocycles. The molecule has 0 radical (unpaired) electrons. The molecule has 5 nitrogen and oxygen atoms in total. The summed E-state index contributed by atoms with van der Waals surface area (Å²) >= 11 is 1.23. The Labute approximate surface area is 127 Å². The third-order valence-electron chi connectivity index (χ3n) is 3.63. The maximum absolute atomic E-state index is 10.8. The van der Waals surface area contributed by atoms with Gasteiger partial charge >= 0.3 is 5.97 Å². The Hall–Kier alpha value is -1.82. The molecule has 6 heteroatoms. The van der Waals surface area contributed by atoms with Gasteiger partial charge < -0.3 is 5.11 Å². The van der Waals surface area contributed by atoms with Crippen molar-refractivity contribution >= 4 is 17.7 Å². The van der Waals surface area contributed by atoms with E-state index in [0.717, 1.165) is 18.7 Å². The second-order valence-corrected chi connectivity index (χ2v) is 6.20. The van der Waals surface area contributed by atoms with Gasteiger partial charge in [-0.3, -0.25) is 9.36 Å². The highest BCUT2D eigenvalue weighted by atomic mass is 32.2. The number of carbonyl (C=O) groups is 1. The van der Waals surface area contributed by atoms with Crippen LogP contribution in [0.5, 0.6) is 0 Å². The van der Waals surface area contributed by atoms with Crippen LogP contribution >= 0.6 is 11.8 Å². The number of benzene rings is 1. The average Bonchev–Trinajstić information content (AvgIpc) is 3.25. The van der Waals surface area contributed by atoms with Crippen LogP contribution in [0.1, 0.15) is 43.1 Å². The lowest BCUT2D eigenvalue weighted by atomic mass is 10.1. The molecule has 1 aliphatic carbocycles. The number of nitrogens with zero attached hydrogens (tertiary/aromatic N) is 3. The van der Waals surface area contributed by atoms with Gasteiger partial charge in [-0.15, -0.1) is 10.2 Å². The van der Waals surface area contributed by atoms with Crippen molar-refractivity contribution in [2.75, 3.05) is 5.75 Å². The van der Waals surface area contributed by atoms with Crippen LogP contribution in [0, 0.1) is 0 Å². The first kappa shape index (κ1) is 14.1. The molecule has 1 atom stereocenters. The van der Waals surface area contributed by atoms with E-state index < -0.39 is 5.97 Å². The molecule has 0 spiro atoms. The molecule has 1 fully saturated rings. The zero-order chi connectivity index (χ0) is 14.8. The summed E-state index contributed by atoms with van der Waals surface area (Å²) in [5.41, 5.74) is 1.18. The molecule has 1 aromatic heterocycles. The fourth-order valence-corrected chi connectivity index (χ4v) is 3.12. The van der Waals surface area contributed by atoms with Gasteiger partial charge in [0.1, 0.15) is 5.82 Å². The third-order valence-corrected chi connectivity index (χ3v) is 4.56. The number of aromatic nitrogens is 3. The Morgan fingerprint density at radius 3 is 2.71 bits per heavy atom. The molecule has 3 rings (SSSR count). The van der Waals surface area contributed by atoms with Crippen molar-refractivity contribution in [2.24, 2.45) is 0 Å². The van der Waals surface area contributed by atoms with Gasteiger partial charge in [-0.2, -0.15) is 0 Å². The van der Waals surface area contributed by atoms with Crippen molar-refractivity contribution in [1.82, 2.24) is 14.8 Å². The Kier molecular flexibility index (Phi) is 3.96. The molecule has 2 aromatic rings. The molecule has 1 saturated carbocycles. The lowest BCUT2D eigenvalue weighted by Gasteiger charge is -2.18. The summed E-state index contributed by atoms with van der Waals surface area (Å²) in [6.45, 7) is 2.11. The Morgan fingerprint density at radius 2 is 2.10 bits per heavy atom. The van der Waals surface area contributed by atoms with Gasteiger partial charge in [0.15, 0.2) is 5.16 Å².